The average Bonchev–Trinajstić information content (AvgIpc) is 1.60. The van der Waals surface area contributed by atoms with E-state index >= 15 is 0 Å². The molecule has 1 fully saturated rings. The summed E-state index contributed by atoms with van der Waals surface area (Å²) in [5.41, 5.74) is 0. The molecule has 1 aliphatic rings. The van der Waals surface area contributed by atoms with E-state index in [1.54, 1.807) is 0 Å². The Bertz CT molecular complexity index is 150. The second-order valence-corrected chi connectivity index (χ2v) is 4.58. The minimum absolute atomic E-state index is 0.0945. The summed E-state index contributed by atoms with van der Waals surface area (Å²) < 4.78 is 0.583. The first-order chi connectivity index (χ1) is 4.18. The van der Waals surface area contributed by atoms with Crippen molar-refractivity contribution < 1.29 is 4.79 Å². The third-order valence-electron chi connectivity index (χ3n) is 0.936. The van der Waals surface area contributed by atoms with Gasteiger partial charge in [0.1, 0.15) is 3.53 Å². The van der Waals surface area contributed by atoms with Crippen molar-refractivity contribution in [3.05, 3.63) is 0 Å². The lowest BCUT2D eigenvalue weighted by Crippen LogP contribution is -2.46. The van der Waals surface area contributed by atoms with Gasteiger partial charge in [0.15, 0.2) is 0 Å². The SMILES string of the molecule is O=C1CC(SC(=S)S)N1. The highest BCUT2D eigenvalue weighted by atomic mass is 32.2. The zero-order chi connectivity index (χ0) is 6.85. The molecule has 9 heavy (non-hydrogen) atoms. The van der Waals surface area contributed by atoms with E-state index in [1.165, 1.54) is 11.8 Å². The van der Waals surface area contributed by atoms with Crippen molar-refractivity contribution in [3.63, 3.8) is 0 Å². The maximum absolute atomic E-state index is 10.3. The fourth-order valence-corrected chi connectivity index (χ4v) is 1.92. The normalized spacial score (nSPS) is 24.6. The van der Waals surface area contributed by atoms with Crippen LogP contribution in [0.3, 0.4) is 0 Å². The Hall–Kier alpha value is 0.260. The molecule has 1 atom stereocenters. The van der Waals surface area contributed by atoms with Crippen LogP contribution < -0.4 is 5.32 Å². The fourth-order valence-electron chi connectivity index (χ4n) is 0.520. The van der Waals surface area contributed by atoms with Crippen LogP contribution in [-0.4, -0.2) is 14.8 Å². The molecule has 1 unspecified atom stereocenters. The van der Waals surface area contributed by atoms with Crippen molar-refractivity contribution in [2.24, 2.45) is 0 Å². The molecule has 2 nitrogen and oxygen atoms in total. The van der Waals surface area contributed by atoms with E-state index in [4.69, 9.17) is 0 Å². The van der Waals surface area contributed by atoms with Crippen molar-refractivity contribution in [1.29, 1.82) is 0 Å². The van der Waals surface area contributed by atoms with Gasteiger partial charge in [-0.1, -0.05) is 24.0 Å². The smallest absolute Gasteiger partial charge is 0.223 e. The molecule has 1 amide bonds. The van der Waals surface area contributed by atoms with Gasteiger partial charge in [-0.15, -0.1) is 12.6 Å². The Labute approximate surface area is 68.2 Å². The molecule has 0 aromatic carbocycles. The first kappa shape index (κ1) is 7.37. The number of nitrogens with one attached hydrogen (secondary N) is 1. The second-order valence-electron chi connectivity index (χ2n) is 1.64. The Morgan fingerprint density at radius 1 is 2.00 bits per heavy atom. The maximum atomic E-state index is 10.3. The van der Waals surface area contributed by atoms with E-state index in [2.05, 4.69) is 30.2 Å². The number of thiocarbonyl (C=S) groups is 1. The number of carbonyl (C=O) groups excluding carboxylic acids is 1. The van der Waals surface area contributed by atoms with Gasteiger partial charge < -0.3 is 5.32 Å². The topological polar surface area (TPSA) is 29.1 Å². The number of rotatable bonds is 1. The summed E-state index contributed by atoms with van der Waals surface area (Å²) in [6.45, 7) is 0. The molecular weight excluding hydrogens is 174 g/mol. The summed E-state index contributed by atoms with van der Waals surface area (Å²) in [5, 5.41) is 2.84. The largest absolute Gasteiger partial charge is 0.343 e. The summed E-state index contributed by atoms with van der Waals surface area (Å²) in [5.74, 6) is 0.0945. The minimum atomic E-state index is 0.0945. The molecule has 1 heterocycles. The fraction of sp³-hybridized carbons (Fsp3) is 0.500. The number of hydrogen-bond donors (Lipinski definition) is 2. The van der Waals surface area contributed by atoms with Crippen LogP contribution in [0.4, 0.5) is 0 Å². The van der Waals surface area contributed by atoms with Gasteiger partial charge in [-0.25, -0.2) is 0 Å². The van der Waals surface area contributed by atoms with E-state index < -0.39 is 0 Å². The lowest BCUT2D eigenvalue weighted by Gasteiger charge is -2.24. The molecule has 0 radical (unpaired) electrons. The van der Waals surface area contributed by atoms with E-state index in [1.807, 2.05) is 0 Å². The number of thiol groups is 1. The first-order valence-electron chi connectivity index (χ1n) is 2.37. The van der Waals surface area contributed by atoms with Crippen LogP contribution in [0.5, 0.6) is 0 Å². The summed E-state index contributed by atoms with van der Waals surface area (Å²) in [7, 11) is 0. The maximum Gasteiger partial charge on any atom is 0.223 e. The van der Waals surface area contributed by atoms with Crippen molar-refractivity contribution in [1.82, 2.24) is 5.32 Å². The predicted octanol–water partition coefficient (Wildman–Crippen LogP) is 0.780. The summed E-state index contributed by atoms with van der Waals surface area (Å²) in [4.78, 5) is 10.3. The molecule has 1 rings (SSSR count). The highest BCUT2D eigenvalue weighted by molar-refractivity contribution is 8.41. The second kappa shape index (κ2) is 2.90. The standard InChI is InChI=1S/C4H5NOS3/c6-2-1-3(5-2)9-4(7)8/h3H,1H2,(H,5,6)(H,7,8). The highest BCUT2D eigenvalue weighted by Crippen LogP contribution is 2.21. The van der Waals surface area contributed by atoms with Crippen molar-refractivity contribution in [3.8, 4) is 0 Å². The quantitative estimate of drug-likeness (QED) is 0.354. The predicted molar refractivity (Wildman–Crippen MR) is 45.7 cm³/mol. The van der Waals surface area contributed by atoms with Gasteiger partial charge in [-0.05, 0) is 0 Å². The summed E-state index contributed by atoms with van der Waals surface area (Å²) in [6.07, 6.45) is 0.575. The molecule has 0 aliphatic carbocycles. The Morgan fingerprint density at radius 2 is 2.56 bits per heavy atom. The molecule has 0 aromatic heterocycles. The third-order valence-corrected chi connectivity index (χ3v) is 2.31. The van der Waals surface area contributed by atoms with Crippen LogP contribution in [-0.2, 0) is 4.79 Å². The number of β-lactam (4-membered cyclic amide) rings is 1. The Balaban J connectivity index is 2.18. The monoisotopic (exact) mass is 179 g/mol. The van der Waals surface area contributed by atoms with Gasteiger partial charge in [0.25, 0.3) is 0 Å². The molecule has 1 aliphatic heterocycles. The number of hydrogen-bond acceptors (Lipinski definition) is 3. The summed E-state index contributed by atoms with van der Waals surface area (Å²) in [6, 6.07) is 0. The highest BCUT2D eigenvalue weighted by Gasteiger charge is 2.25. The molecular formula is C4H5NOS3. The van der Waals surface area contributed by atoms with E-state index in [-0.39, 0.29) is 11.3 Å². The van der Waals surface area contributed by atoms with Crippen molar-refractivity contribution in [2.45, 2.75) is 11.8 Å². The van der Waals surface area contributed by atoms with Gasteiger partial charge >= 0.3 is 0 Å². The van der Waals surface area contributed by atoms with Crippen LogP contribution in [0.25, 0.3) is 0 Å². The number of amides is 1. The van der Waals surface area contributed by atoms with Gasteiger partial charge in [-0.2, -0.15) is 0 Å². The minimum Gasteiger partial charge on any atom is -0.343 e. The molecule has 5 heteroatoms. The van der Waals surface area contributed by atoms with E-state index in [0.717, 1.165) is 0 Å². The first-order valence-corrected chi connectivity index (χ1v) is 4.11. The lowest BCUT2D eigenvalue weighted by atomic mass is 10.3. The molecule has 50 valence electrons. The molecule has 1 N–H and O–H groups in total. The molecule has 0 saturated carbocycles. The average molecular weight is 179 g/mol. The van der Waals surface area contributed by atoms with Gasteiger partial charge in [-0.3, -0.25) is 4.79 Å². The van der Waals surface area contributed by atoms with Gasteiger partial charge in [0.2, 0.25) is 5.91 Å². The van der Waals surface area contributed by atoms with Crippen molar-refractivity contribution >= 4 is 46.0 Å². The van der Waals surface area contributed by atoms with Crippen LogP contribution in [0.1, 0.15) is 6.42 Å². The zero-order valence-electron chi connectivity index (χ0n) is 4.46. The molecule has 1 saturated heterocycles. The lowest BCUT2D eigenvalue weighted by molar-refractivity contribution is -0.126. The van der Waals surface area contributed by atoms with Gasteiger partial charge in [0.05, 0.1) is 11.8 Å². The Morgan fingerprint density at radius 3 is 2.89 bits per heavy atom. The zero-order valence-corrected chi connectivity index (χ0v) is 6.98. The van der Waals surface area contributed by atoms with Crippen LogP contribution in [0.2, 0.25) is 0 Å². The van der Waals surface area contributed by atoms with Gasteiger partial charge in [0, 0.05) is 0 Å². The van der Waals surface area contributed by atoms with Crippen LogP contribution in [0.15, 0.2) is 0 Å². The van der Waals surface area contributed by atoms with E-state index in [9.17, 15) is 4.79 Å². The van der Waals surface area contributed by atoms with Crippen LogP contribution in [0, 0.1) is 0 Å². The van der Waals surface area contributed by atoms with Crippen molar-refractivity contribution in [2.75, 3.05) is 0 Å². The third kappa shape index (κ3) is 2.15. The number of carbonyl (C=O) groups is 1. The summed E-state index contributed by atoms with van der Waals surface area (Å²) >= 11 is 9.99. The van der Waals surface area contributed by atoms with Crippen LogP contribution >= 0.6 is 36.6 Å². The van der Waals surface area contributed by atoms with E-state index in [0.29, 0.717) is 9.95 Å². The molecule has 0 aromatic rings. The molecule has 0 bridgehead atoms. The Kier molecular flexibility index (Phi) is 2.37. The number of thioether (sulfide) groups is 1. The molecule has 0 spiro atoms.